The van der Waals surface area contributed by atoms with Crippen LogP contribution < -0.4 is 4.90 Å². The summed E-state index contributed by atoms with van der Waals surface area (Å²) in [5, 5.41) is 0. The van der Waals surface area contributed by atoms with Crippen LogP contribution >= 0.6 is 0 Å². The van der Waals surface area contributed by atoms with Crippen molar-refractivity contribution >= 4 is 0 Å². The highest BCUT2D eigenvalue weighted by Crippen LogP contribution is 1.98. The van der Waals surface area contributed by atoms with Crippen molar-refractivity contribution in [3.05, 3.63) is 19.7 Å². The van der Waals surface area contributed by atoms with Gasteiger partial charge in [0.05, 0.1) is 12.6 Å². The lowest BCUT2D eigenvalue weighted by Crippen LogP contribution is -3.08. The molecule has 0 radical (unpaired) electrons. The first-order valence-corrected chi connectivity index (χ1v) is 3.15. The summed E-state index contributed by atoms with van der Waals surface area (Å²) >= 11 is 0. The van der Waals surface area contributed by atoms with Gasteiger partial charge in [0.25, 0.3) is 0 Å². The average Bonchev–Trinajstić information content (AvgIpc) is 2.14. The predicted octanol–water partition coefficient (Wildman–Crippen LogP) is 0.0113. The molecule has 1 heteroatoms. The Bertz CT molecular complexity index is 88.4. The summed E-state index contributed by atoms with van der Waals surface area (Å²) < 4.78 is 0. The van der Waals surface area contributed by atoms with E-state index in [1.165, 1.54) is 24.3 Å². The van der Waals surface area contributed by atoms with Gasteiger partial charge >= 0.3 is 0 Å². The van der Waals surface area contributed by atoms with Gasteiger partial charge in [-0.1, -0.05) is 6.58 Å². The lowest BCUT2D eigenvalue weighted by Gasteiger charge is -2.18. The van der Waals surface area contributed by atoms with Crippen molar-refractivity contribution in [2.24, 2.45) is 0 Å². The Morgan fingerprint density at radius 2 is 2.50 bits per heavy atom. The number of hydrogen-bond donors (Lipinski definition) is 1. The number of nitrogens with one attached hydrogen (secondary N) is 1. The van der Waals surface area contributed by atoms with E-state index in [9.17, 15) is 0 Å². The number of quaternary nitrogens is 1. The molecule has 0 amide bonds. The molecule has 0 aliphatic carbocycles. The van der Waals surface area contributed by atoms with Crippen LogP contribution in [0.1, 0.15) is 12.8 Å². The van der Waals surface area contributed by atoms with Gasteiger partial charge in [0.15, 0.2) is 0 Å². The van der Waals surface area contributed by atoms with Gasteiger partial charge in [-0.15, -0.1) is 0 Å². The maximum absolute atomic E-state index is 3.94. The van der Waals surface area contributed by atoms with Crippen LogP contribution in [0.4, 0.5) is 0 Å². The largest absolute Gasteiger partial charge is 0.462 e. The Balaban J connectivity index is 2.41. The van der Waals surface area contributed by atoms with Crippen LogP contribution in [0.25, 0.3) is 0 Å². The molecule has 1 saturated heterocycles. The smallest absolute Gasteiger partial charge is 0.0820 e. The second kappa shape index (κ2) is 2.31. The highest BCUT2D eigenvalue weighted by atomic mass is 15.1. The van der Waals surface area contributed by atoms with E-state index >= 15 is 0 Å². The molecule has 1 rings (SSSR count). The zero-order chi connectivity index (χ0) is 5.98. The average molecular weight is 111 g/mol. The molecule has 46 valence electrons. The first-order chi connectivity index (χ1) is 3.84. The topological polar surface area (TPSA) is 4.44 Å². The Hall–Kier alpha value is -0.300. The Morgan fingerprint density at radius 3 is 2.75 bits per heavy atom. The van der Waals surface area contributed by atoms with E-state index in [1.807, 2.05) is 6.08 Å². The second-order valence-electron chi connectivity index (χ2n) is 2.39. The summed E-state index contributed by atoms with van der Waals surface area (Å²) in [4.78, 5) is 1.38. The van der Waals surface area contributed by atoms with Gasteiger partial charge in [-0.2, -0.15) is 7.05 Å². The fraction of sp³-hybridized carbons (Fsp3) is 0.571. The lowest BCUT2D eigenvalue weighted by molar-refractivity contribution is -0.859. The molecule has 1 nitrogen and oxygen atoms in total. The fourth-order valence-electron chi connectivity index (χ4n) is 1.22. The van der Waals surface area contributed by atoms with Crippen molar-refractivity contribution in [1.29, 1.82) is 0 Å². The van der Waals surface area contributed by atoms with Gasteiger partial charge in [0.1, 0.15) is 0 Å². The zero-order valence-corrected chi connectivity index (χ0v) is 5.19. The quantitative estimate of drug-likeness (QED) is 0.359. The first-order valence-electron chi connectivity index (χ1n) is 3.15. The van der Waals surface area contributed by atoms with Crippen molar-refractivity contribution in [1.82, 2.24) is 0 Å². The Morgan fingerprint density at radius 1 is 1.75 bits per heavy atom. The van der Waals surface area contributed by atoms with Crippen molar-refractivity contribution in [3.8, 4) is 0 Å². The van der Waals surface area contributed by atoms with Crippen LogP contribution in [0.5, 0.6) is 0 Å². The number of hydrogen-bond acceptors (Lipinski definition) is 0. The highest BCUT2D eigenvalue weighted by molar-refractivity contribution is 4.80. The molecule has 0 aromatic carbocycles. The molecular formula is C7H13N. The standard InChI is InChI=1S/C7H13N/c1-3-7-5-4-6-8(7)2/h3,7-8H,1-2,4-6H2/t7-/m1/s1. The van der Waals surface area contributed by atoms with E-state index in [1.54, 1.807) is 0 Å². The van der Waals surface area contributed by atoms with Crippen LogP contribution in [0, 0.1) is 7.05 Å². The SMILES string of the molecule is C=C[C@@H]1CCC[NH+]1[CH2-]. The summed E-state index contributed by atoms with van der Waals surface area (Å²) in [5.74, 6) is 0. The van der Waals surface area contributed by atoms with Crippen LogP contribution in [-0.4, -0.2) is 12.6 Å². The summed E-state index contributed by atoms with van der Waals surface area (Å²) in [6.45, 7) is 4.95. The molecule has 1 fully saturated rings. The first kappa shape index (κ1) is 5.83. The predicted molar refractivity (Wildman–Crippen MR) is 34.4 cm³/mol. The van der Waals surface area contributed by atoms with E-state index in [0.29, 0.717) is 6.04 Å². The minimum absolute atomic E-state index is 0.634. The molecule has 1 aliphatic rings. The van der Waals surface area contributed by atoms with Crippen LogP contribution in [0.2, 0.25) is 0 Å². The minimum atomic E-state index is 0.634. The van der Waals surface area contributed by atoms with Gasteiger partial charge in [-0.05, 0) is 6.08 Å². The van der Waals surface area contributed by atoms with Crippen LogP contribution in [-0.2, 0) is 0 Å². The third-order valence-electron chi connectivity index (χ3n) is 1.82. The number of rotatable bonds is 1. The minimum Gasteiger partial charge on any atom is -0.462 e. The zero-order valence-electron chi connectivity index (χ0n) is 5.19. The Labute approximate surface area is 51.0 Å². The maximum atomic E-state index is 3.94. The molecular weight excluding hydrogens is 98.1 g/mol. The summed E-state index contributed by atoms with van der Waals surface area (Å²) in [7, 11) is 3.94. The van der Waals surface area contributed by atoms with Crippen molar-refractivity contribution in [3.63, 3.8) is 0 Å². The third-order valence-corrected chi connectivity index (χ3v) is 1.82. The van der Waals surface area contributed by atoms with Gasteiger partial charge in [-0.3, -0.25) is 0 Å². The van der Waals surface area contributed by atoms with Crippen molar-refractivity contribution < 1.29 is 4.90 Å². The molecule has 1 heterocycles. The second-order valence-corrected chi connectivity index (χ2v) is 2.39. The van der Waals surface area contributed by atoms with Crippen molar-refractivity contribution in [2.45, 2.75) is 18.9 Å². The molecule has 8 heavy (non-hydrogen) atoms. The van der Waals surface area contributed by atoms with Crippen LogP contribution in [0.3, 0.4) is 0 Å². The maximum Gasteiger partial charge on any atom is 0.0820 e. The molecule has 0 aromatic heterocycles. The van der Waals surface area contributed by atoms with E-state index in [-0.39, 0.29) is 0 Å². The molecule has 0 aromatic rings. The normalized spacial score (nSPS) is 37.6. The third kappa shape index (κ3) is 0.920. The molecule has 0 spiro atoms. The molecule has 0 bridgehead atoms. The molecule has 2 atom stereocenters. The van der Waals surface area contributed by atoms with Gasteiger partial charge in [0, 0.05) is 12.8 Å². The van der Waals surface area contributed by atoms with E-state index in [2.05, 4.69) is 13.6 Å². The molecule has 1 aliphatic heterocycles. The molecule has 0 saturated carbocycles. The lowest BCUT2D eigenvalue weighted by atomic mass is 10.2. The Kier molecular flexibility index (Phi) is 1.69. The summed E-state index contributed by atoms with van der Waals surface area (Å²) in [6, 6.07) is 0.634. The van der Waals surface area contributed by atoms with Gasteiger partial charge in [-0.25, -0.2) is 0 Å². The monoisotopic (exact) mass is 111 g/mol. The van der Waals surface area contributed by atoms with Gasteiger partial charge in [0.2, 0.25) is 0 Å². The van der Waals surface area contributed by atoms with E-state index in [0.717, 1.165) is 0 Å². The summed E-state index contributed by atoms with van der Waals surface area (Å²) in [5.41, 5.74) is 0. The van der Waals surface area contributed by atoms with Crippen molar-refractivity contribution in [2.75, 3.05) is 6.54 Å². The fourth-order valence-corrected chi connectivity index (χ4v) is 1.22. The molecule has 1 N–H and O–H groups in total. The summed E-state index contributed by atoms with van der Waals surface area (Å²) in [6.07, 6.45) is 4.60. The van der Waals surface area contributed by atoms with Gasteiger partial charge < -0.3 is 4.90 Å². The van der Waals surface area contributed by atoms with E-state index in [4.69, 9.17) is 0 Å². The van der Waals surface area contributed by atoms with E-state index < -0.39 is 0 Å². The molecule has 1 unspecified atom stereocenters. The highest BCUT2D eigenvalue weighted by Gasteiger charge is 2.16. The number of likely N-dealkylation sites (tertiary alicyclic amines) is 1. The van der Waals surface area contributed by atoms with Crippen LogP contribution in [0.15, 0.2) is 12.7 Å².